The predicted octanol–water partition coefficient (Wildman–Crippen LogP) is 16.2. The van der Waals surface area contributed by atoms with E-state index in [0.29, 0.717) is 0 Å². The highest BCUT2D eigenvalue weighted by molar-refractivity contribution is 7.01. The number of nitrogens with zero attached hydrogens (tertiary/aromatic N) is 3. The lowest BCUT2D eigenvalue weighted by molar-refractivity contribution is 0.584. The zero-order chi connectivity index (χ0) is 72.4. The molecule has 0 aliphatic carbocycles. The summed E-state index contributed by atoms with van der Waals surface area (Å²) in [7, 11) is 0. The van der Waals surface area contributed by atoms with Crippen molar-refractivity contribution in [3.63, 3.8) is 0 Å². The number of anilines is 9. The molecule has 0 saturated carbocycles. The third-order valence-corrected chi connectivity index (χ3v) is 12.8. The molecule has 70 heavy (non-hydrogen) atoms. The lowest BCUT2D eigenvalue weighted by atomic mass is 9.33. The van der Waals surface area contributed by atoms with Gasteiger partial charge in [-0.05, 0) is 128 Å². The third kappa shape index (κ3) is 7.62. The quantitative estimate of drug-likeness (QED) is 0.149. The number of hydrogen-bond acceptors (Lipinski definition) is 4. The van der Waals surface area contributed by atoms with Gasteiger partial charge in [0.1, 0.15) is 5.58 Å². The van der Waals surface area contributed by atoms with E-state index >= 15 is 0 Å². The minimum absolute atomic E-state index is 0.0350. The van der Waals surface area contributed by atoms with E-state index in [-0.39, 0.29) is 72.2 Å². The second kappa shape index (κ2) is 16.4. The second-order valence-electron chi connectivity index (χ2n) is 21.1. The molecule has 3 heterocycles. The number of para-hydroxylation sites is 2. The van der Waals surface area contributed by atoms with Crippen LogP contribution in [0.4, 0.5) is 51.4 Å². The average Bonchev–Trinajstić information content (AvgIpc) is 1.66. The zero-order valence-electron chi connectivity index (χ0n) is 67.6. The van der Waals surface area contributed by atoms with Crippen molar-refractivity contribution in [1.82, 2.24) is 0 Å². The first-order valence-electron chi connectivity index (χ1n) is 36.3. The Balaban J connectivity index is 1.48. The Labute approximate surface area is 454 Å². The van der Waals surface area contributed by atoms with Gasteiger partial charge in [0, 0.05) is 56.1 Å². The molecular weight excluding hydrogens is 850 g/mol. The van der Waals surface area contributed by atoms with E-state index in [1.54, 1.807) is 62.3 Å². The summed E-state index contributed by atoms with van der Waals surface area (Å²) < 4.78 is 263. The van der Waals surface area contributed by atoms with Crippen molar-refractivity contribution < 1.29 is 41.4 Å². The van der Waals surface area contributed by atoms with Crippen LogP contribution in [0.3, 0.4) is 0 Å². The summed E-state index contributed by atoms with van der Waals surface area (Å²) in [4.78, 5) is 3.11. The monoisotopic (exact) mass is 941 g/mol. The summed E-state index contributed by atoms with van der Waals surface area (Å²) in [6.45, 7) is 16.6. The van der Waals surface area contributed by atoms with Gasteiger partial charge in [0.15, 0.2) is 0 Å². The number of rotatable bonds is 7. The van der Waals surface area contributed by atoms with Gasteiger partial charge in [-0.2, -0.15) is 0 Å². The molecule has 0 unspecified atom stereocenters. The van der Waals surface area contributed by atoms with E-state index in [4.69, 9.17) is 16.8 Å². The molecule has 0 fully saturated rings. The Kier molecular flexibility index (Phi) is 5.65. The summed E-state index contributed by atoms with van der Waals surface area (Å²) in [6, 6.07) is -14.6. The van der Waals surface area contributed by atoms with Crippen LogP contribution in [0.25, 0.3) is 11.0 Å². The van der Waals surface area contributed by atoms with Crippen LogP contribution in [0.1, 0.15) is 141 Å². The van der Waals surface area contributed by atoms with Gasteiger partial charge in [0.25, 0.3) is 6.71 Å². The van der Waals surface area contributed by atoms with Gasteiger partial charge in [-0.3, -0.25) is 4.90 Å². The predicted molar refractivity (Wildman–Crippen MR) is 300 cm³/mol. The molecule has 4 nitrogen and oxygen atoms in total. The van der Waals surface area contributed by atoms with Crippen molar-refractivity contribution in [2.24, 2.45) is 0 Å². The fraction of sp³-hybridized carbons (Fsp3) is 0.231. The van der Waals surface area contributed by atoms with E-state index in [1.807, 2.05) is 0 Å². The molecule has 0 bridgehead atoms. The highest BCUT2D eigenvalue weighted by atomic mass is 16.4. The summed E-state index contributed by atoms with van der Waals surface area (Å²) in [5.74, 6) is -0.453. The summed E-state index contributed by atoms with van der Waals surface area (Å²) in [6.07, 6.45) is 0. The number of fused-ring (bicyclic) bond motifs is 6. The van der Waals surface area contributed by atoms with Crippen LogP contribution >= 0.6 is 0 Å². The molecule has 1 aromatic heterocycles. The van der Waals surface area contributed by atoms with Crippen molar-refractivity contribution in [2.75, 3.05) is 14.7 Å². The summed E-state index contributed by atoms with van der Waals surface area (Å²) in [5.41, 5.74) is -10.1. The van der Waals surface area contributed by atoms with Gasteiger partial charge >= 0.3 is 0 Å². The van der Waals surface area contributed by atoms with Gasteiger partial charge in [0.05, 0.1) is 42.7 Å². The molecule has 5 heteroatoms. The third-order valence-electron chi connectivity index (χ3n) is 12.8. The van der Waals surface area contributed by atoms with Gasteiger partial charge < -0.3 is 14.2 Å². The molecule has 0 spiro atoms. The molecule has 2 aliphatic rings. The molecule has 0 N–H and O–H groups in total. The molecule has 2 aliphatic heterocycles. The van der Waals surface area contributed by atoms with Crippen molar-refractivity contribution in [3.8, 4) is 0 Å². The van der Waals surface area contributed by atoms with E-state index in [0.717, 1.165) is 9.80 Å². The largest absolute Gasteiger partial charge is 0.440 e. The highest BCUT2D eigenvalue weighted by Crippen LogP contribution is 2.50. The molecule has 0 atom stereocenters. The first-order valence-corrected chi connectivity index (χ1v) is 22.8. The highest BCUT2D eigenvalue weighted by Gasteiger charge is 2.47. The molecule has 9 aromatic rings. The average molecular weight is 941 g/mol. The maximum Gasteiger partial charge on any atom is 0.257 e. The molecule has 348 valence electrons. The molecule has 0 saturated heterocycles. The van der Waals surface area contributed by atoms with Crippen molar-refractivity contribution in [2.45, 2.75) is 97.8 Å². The van der Waals surface area contributed by atoms with Crippen LogP contribution in [0, 0.1) is 0 Å². The lowest BCUT2D eigenvalue weighted by Crippen LogP contribution is -2.61. The maximum absolute atomic E-state index is 10.5. The molecular formula is C65H64BN3O. The standard InChI is InChI=1S/C65H64BN3O/c1-62(2,3)43-27-33-50(34-28-43)68-55-39-47(65(10,11)45-21-15-12-16-22-45)32-38-54(55)66-59-53-37-31-46(64(7,8)9)40-58(53)70-61(59)69(51-35-29-44(30-36-51)63(4,5)6)57-42-52(41-56(68)60(57)66)67(48-23-17-13-18-24-48)49-25-19-14-20-26-49/h12-42H,1-11H3/i12D,13D,14D,15D,16D,17D,18D,19D,20D,21D,22D,23D,24D,25D,26D,27D,28D,29D,30D,31D,33D,34D,35D,36D,37D,38D,40D. The number of hydrogen-bond donors (Lipinski definition) is 0. The SMILES string of the molecule is [2H]c1cc(C(C)(C)c2c([2H])c([2H])c([2H])c([2H])c2[2H])cc2c1B1c3c(cc(N(c4c([2H])c([2H])c([2H])c([2H])c4[2H])c4c([2H])c([2H])c([2H])c([2H])c4[2H])cc3N(c3c([2H])c([2H])c(C(C)(C)C)c([2H])c3[2H])c3oc4c([2H])c(C(C)(C)C)c([2H])c([2H])c4c31)N2c1c([2H])c([2H])c(C(C)(C)C)c([2H])c1[2H]. The zero-order valence-corrected chi connectivity index (χ0v) is 40.6. The Morgan fingerprint density at radius 3 is 1.46 bits per heavy atom. The summed E-state index contributed by atoms with van der Waals surface area (Å²) in [5, 5.41) is -0.226. The van der Waals surface area contributed by atoms with Crippen LogP contribution in [0.5, 0.6) is 0 Å². The van der Waals surface area contributed by atoms with Gasteiger partial charge in [-0.25, -0.2) is 0 Å². The van der Waals surface area contributed by atoms with Crippen LogP contribution in [-0.2, 0) is 21.7 Å². The van der Waals surface area contributed by atoms with Gasteiger partial charge in [-0.15, -0.1) is 0 Å². The molecule has 0 amide bonds. The first-order chi connectivity index (χ1) is 44.6. The second-order valence-corrected chi connectivity index (χ2v) is 21.1. The molecule has 8 aromatic carbocycles. The fourth-order valence-electron chi connectivity index (χ4n) is 8.91. The van der Waals surface area contributed by atoms with Crippen LogP contribution in [-0.4, -0.2) is 6.71 Å². The van der Waals surface area contributed by atoms with Gasteiger partial charge in [0.2, 0.25) is 5.88 Å². The maximum atomic E-state index is 10.5. The molecule has 11 rings (SSSR count). The normalized spacial score (nSPS) is 19.0. The van der Waals surface area contributed by atoms with E-state index in [9.17, 15) is 24.7 Å². The van der Waals surface area contributed by atoms with Gasteiger partial charge in [-0.1, -0.05) is 191 Å². The Morgan fingerprint density at radius 2 is 0.929 bits per heavy atom. The smallest absolute Gasteiger partial charge is 0.257 e. The topological polar surface area (TPSA) is 22.9 Å². The van der Waals surface area contributed by atoms with Crippen molar-refractivity contribution in [1.29, 1.82) is 0 Å². The fourth-order valence-corrected chi connectivity index (χ4v) is 8.91. The van der Waals surface area contributed by atoms with Crippen LogP contribution < -0.4 is 31.1 Å². The van der Waals surface area contributed by atoms with E-state index in [1.165, 1.54) is 43.0 Å². The first kappa shape index (κ1) is 24.1. The Bertz CT molecular complexity index is 4830. The minimum Gasteiger partial charge on any atom is -0.440 e. The van der Waals surface area contributed by atoms with Crippen LogP contribution in [0.15, 0.2) is 192 Å². The van der Waals surface area contributed by atoms with Crippen LogP contribution in [0.2, 0.25) is 0 Å². The van der Waals surface area contributed by atoms with E-state index in [2.05, 4.69) is 0 Å². The molecule has 0 radical (unpaired) electrons. The Hall–Kier alpha value is -7.24. The number of furan rings is 1. The number of benzene rings is 8. The van der Waals surface area contributed by atoms with E-state index < -0.39 is 226 Å². The lowest BCUT2D eigenvalue weighted by Gasteiger charge is -2.44. The minimum atomic E-state index is -1.72. The summed E-state index contributed by atoms with van der Waals surface area (Å²) >= 11 is 0. The Morgan fingerprint density at radius 1 is 0.443 bits per heavy atom. The van der Waals surface area contributed by atoms with Crippen molar-refractivity contribution in [3.05, 3.63) is 215 Å². The van der Waals surface area contributed by atoms with Crippen molar-refractivity contribution >= 4 is 85.5 Å².